The quantitative estimate of drug-likeness (QED) is 0.603. The van der Waals surface area contributed by atoms with Gasteiger partial charge in [-0.3, -0.25) is 19.3 Å². The van der Waals surface area contributed by atoms with Crippen molar-refractivity contribution < 1.29 is 32.3 Å². The molecule has 27 heavy (non-hydrogen) atoms. The van der Waals surface area contributed by atoms with Crippen molar-refractivity contribution in [2.45, 2.75) is 20.0 Å². The van der Waals surface area contributed by atoms with Crippen LogP contribution in [0.5, 0.6) is 0 Å². The van der Waals surface area contributed by atoms with Gasteiger partial charge in [0.15, 0.2) is 0 Å². The second-order valence-electron chi connectivity index (χ2n) is 6.22. The average Bonchev–Trinajstić information content (AvgIpc) is 2.73. The van der Waals surface area contributed by atoms with Crippen molar-refractivity contribution in [3.8, 4) is 0 Å². The summed E-state index contributed by atoms with van der Waals surface area (Å²) >= 11 is 5.49. The first-order chi connectivity index (χ1) is 12.4. The van der Waals surface area contributed by atoms with E-state index < -0.39 is 47.1 Å². The molecule has 1 fully saturated rings. The van der Waals surface area contributed by atoms with Crippen molar-refractivity contribution in [3.63, 3.8) is 0 Å². The summed E-state index contributed by atoms with van der Waals surface area (Å²) in [5, 5.41) is 1.61. The van der Waals surface area contributed by atoms with E-state index in [-0.39, 0.29) is 18.2 Å². The van der Waals surface area contributed by atoms with Crippen molar-refractivity contribution in [1.82, 2.24) is 9.80 Å². The number of amides is 5. The van der Waals surface area contributed by atoms with Crippen molar-refractivity contribution in [1.29, 1.82) is 0 Å². The lowest BCUT2D eigenvalue weighted by Gasteiger charge is -2.17. The van der Waals surface area contributed by atoms with Crippen molar-refractivity contribution >= 4 is 41.0 Å². The molecule has 5 amide bonds. The van der Waals surface area contributed by atoms with Crippen LogP contribution in [0.2, 0.25) is 5.02 Å². The summed E-state index contributed by atoms with van der Waals surface area (Å²) in [6, 6.07) is 1.78. The molecule has 11 heteroatoms. The van der Waals surface area contributed by atoms with E-state index >= 15 is 0 Å². The highest BCUT2D eigenvalue weighted by molar-refractivity contribution is 6.45. The zero-order chi connectivity index (χ0) is 20.5. The first-order valence-electron chi connectivity index (χ1n) is 7.75. The summed E-state index contributed by atoms with van der Waals surface area (Å²) < 4.78 is 38.5. The molecule has 0 radical (unpaired) electrons. The summed E-state index contributed by atoms with van der Waals surface area (Å²) in [6.07, 6.45) is -4.72. The van der Waals surface area contributed by atoms with E-state index in [1.165, 1.54) is 0 Å². The second kappa shape index (κ2) is 7.55. The number of nitrogens with one attached hydrogen (secondary N) is 1. The average molecular weight is 406 g/mol. The summed E-state index contributed by atoms with van der Waals surface area (Å²) in [4.78, 5) is 49.1. The number of imide groups is 2. The molecule has 1 aliphatic rings. The number of carbonyl (C=O) groups excluding carboxylic acids is 4. The van der Waals surface area contributed by atoms with E-state index in [1.54, 1.807) is 13.8 Å². The molecule has 1 N–H and O–H groups in total. The molecule has 0 spiro atoms. The SMILES string of the molecule is CC(C)CN1C(=O)C(=O)N(CC(=O)Nc2ccc(Cl)c(C(F)(F)F)c2)C1=O. The van der Waals surface area contributed by atoms with Crippen LogP contribution in [0, 0.1) is 5.92 Å². The highest BCUT2D eigenvalue weighted by Crippen LogP contribution is 2.36. The third-order valence-corrected chi connectivity index (χ3v) is 3.87. The molecule has 146 valence electrons. The number of anilines is 1. The summed E-state index contributed by atoms with van der Waals surface area (Å²) in [5.41, 5.74) is -1.37. The zero-order valence-electron chi connectivity index (χ0n) is 14.3. The van der Waals surface area contributed by atoms with Gasteiger partial charge in [-0.2, -0.15) is 13.2 Å². The third-order valence-electron chi connectivity index (χ3n) is 3.54. The molecule has 1 heterocycles. The number of nitrogens with zero attached hydrogens (tertiary/aromatic N) is 2. The standard InChI is InChI=1S/C16H15ClF3N3O4/c1-8(2)6-22-13(25)14(26)23(15(22)27)7-12(24)21-9-3-4-11(17)10(5-9)16(18,19)20/h3-5,8H,6-7H2,1-2H3,(H,21,24). The third kappa shape index (κ3) is 4.57. The number of halogens is 4. The van der Waals surface area contributed by atoms with Gasteiger partial charge in [-0.25, -0.2) is 9.69 Å². The van der Waals surface area contributed by atoms with Crippen LogP contribution in [0.15, 0.2) is 18.2 Å². The van der Waals surface area contributed by atoms with Crippen LogP contribution in [0.25, 0.3) is 0 Å². The topological polar surface area (TPSA) is 86.8 Å². The number of carbonyl (C=O) groups is 4. The molecule has 2 rings (SSSR count). The number of hydrogen-bond donors (Lipinski definition) is 1. The minimum Gasteiger partial charge on any atom is -0.325 e. The highest BCUT2D eigenvalue weighted by atomic mass is 35.5. The Labute approximate surface area is 157 Å². The summed E-state index contributed by atoms with van der Waals surface area (Å²) in [5.74, 6) is -3.24. The molecule has 0 aromatic heterocycles. The first-order valence-corrected chi connectivity index (χ1v) is 8.13. The minimum absolute atomic E-state index is 0.00759. The Kier molecular flexibility index (Phi) is 5.79. The summed E-state index contributed by atoms with van der Waals surface area (Å²) in [7, 11) is 0. The van der Waals surface area contributed by atoms with Gasteiger partial charge in [-0.05, 0) is 24.1 Å². The van der Waals surface area contributed by atoms with Crippen molar-refractivity contribution in [2.75, 3.05) is 18.4 Å². The predicted octanol–water partition coefficient (Wildman–Crippen LogP) is 2.74. The van der Waals surface area contributed by atoms with E-state index in [0.717, 1.165) is 17.0 Å². The fraction of sp³-hybridized carbons (Fsp3) is 0.375. The van der Waals surface area contributed by atoms with Crippen LogP contribution < -0.4 is 5.32 Å². The lowest BCUT2D eigenvalue weighted by molar-refractivity contribution is -0.143. The molecule has 1 aromatic carbocycles. The molecule has 7 nitrogen and oxygen atoms in total. The van der Waals surface area contributed by atoms with Crippen LogP contribution in [0.4, 0.5) is 23.7 Å². The lowest BCUT2D eigenvalue weighted by Crippen LogP contribution is -2.39. The van der Waals surface area contributed by atoms with Gasteiger partial charge in [0.25, 0.3) is 0 Å². The molecule has 0 aliphatic carbocycles. The number of hydrogen-bond acceptors (Lipinski definition) is 4. The highest BCUT2D eigenvalue weighted by Gasteiger charge is 2.45. The maximum absolute atomic E-state index is 12.8. The molecule has 0 bridgehead atoms. The van der Waals surface area contributed by atoms with Gasteiger partial charge in [0, 0.05) is 12.2 Å². The molecule has 1 aromatic rings. The molecule has 0 saturated carbocycles. The monoisotopic (exact) mass is 405 g/mol. The fourth-order valence-corrected chi connectivity index (χ4v) is 2.61. The van der Waals surface area contributed by atoms with Gasteiger partial charge >= 0.3 is 24.0 Å². The Morgan fingerprint density at radius 1 is 1.15 bits per heavy atom. The van der Waals surface area contributed by atoms with E-state index in [2.05, 4.69) is 5.32 Å². The van der Waals surface area contributed by atoms with Gasteiger partial charge in [0.2, 0.25) is 5.91 Å². The van der Waals surface area contributed by atoms with Gasteiger partial charge in [0.1, 0.15) is 6.54 Å². The number of urea groups is 1. The Morgan fingerprint density at radius 2 is 1.74 bits per heavy atom. The Morgan fingerprint density at radius 3 is 2.30 bits per heavy atom. The van der Waals surface area contributed by atoms with Gasteiger partial charge < -0.3 is 5.32 Å². The van der Waals surface area contributed by atoms with Crippen LogP contribution in [-0.2, 0) is 20.6 Å². The molecule has 0 unspecified atom stereocenters. The number of benzene rings is 1. The normalized spacial score (nSPS) is 15.1. The van der Waals surface area contributed by atoms with E-state index in [1.807, 2.05) is 0 Å². The van der Waals surface area contributed by atoms with Crippen LogP contribution >= 0.6 is 11.6 Å². The summed E-state index contributed by atoms with van der Waals surface area (Å²) in [6.45, 7) is 2.67. The maximum Gasteiger partial charge on any atom is 0.417 e. The zero-order valence-corrected chi connectivity index (χ0v) is 15.0. The Hall–Kier alpha value is -2.62. The number of rotatable bonds is 5. The van der Waals surface area contributed by atoms with Crippen molar-refractivity contribution in [3.05, 3.63) is 28.8 Å². The van der Waals surface area contributed by atoms with Gasteiger partial charge in [-0.1, -0.05) is 25.4 Å². The first kappa shape index (κ1) is 20.7. The van der Waals surface area contributed by atoms with Crippen LogP contribution in [-0.4, -0.2) is 46.6 Å². The van der Waals surface area contributed by atoms with Crippen molar-refractivity contribution in [2.24, 2.45) is 5.92 Å². The molecular weight excluding hydrogens is 391 g/mol. The Balaban J connectivity index is 2.11. The second-order valence-corrected chi connectivity index (χ2v) is 6.63. The van der Waals surface area contributed by atoms with Gasteiger partial charge in [0.05, 0.1) is 10.6 Å². The molecule has 0 atom stereocenters. The van der Waals surface area contributed by atoms with Gasteiger partial charge in [-0.15, -0.1) is 0 Å². The number of alkyl halides is 3. The lowest BCUT2D eigenvalue weighted by atomic mass is 10.2. The molecular formula is C16H15ClF3N3O4. The molecule has 1 saturated heterocycles. The maximum atomic E-state index is 12.8. The Bertz CT molecular complexity index is 811. The largest absolute Gasteiger partial charge is 0.417 e. The van der Waals surface area contributed by atoms with Crippen LogP contribution in [0.3, 0.4) is 0 Å². The predicted molar refractivity (Wildman–Crippen MR) is 88.7 cm³/mol. The van der Waals surface area contributed by atoms with Crippen LogP contribution in [0.1, 0.15) is 19.4 Å². The van der Waals surface area contributed by atoms with E-state index in [4.69, 9.17) is 11.6 Å². The fourth-order valence-electron chi connectivity index (χ4n) is 2.38. The minimum atomic E-state index is -4.72. The molecule has 1 aliphatic heterocycles. The smallest absolute Gasteiger partial charge is 0.325 e. The van der Waals surface area contributed by atoms with E-state index in [9.17, 15) is 32.3 Å². The van der Waals surface area contributed by atoms with E-state index in [0.29, 0.717) is 11.0 Å².